The lowest BCUT2D eigenvalue weighted by Gasteiger charge is -2.10. The fraction of sp³-hybridized carbons (Fsp3) is 0.353. The molecule has 6 heteroatoms. The van der Waals surface area contributed by atoms with Crippen molar-refractivity contribution in [1.82, 2.24) is 19.1 Å². The number of rotatable bonds is 6. The van der Waals surface area contributed by atoms with Crippen molar-refractivity contribution in [2.45, 2.75) is 39.3 Å². The lowest BCUT2D eigenvalue weighted by Crippen LogP contribution is -2.06. The second-order valence-electron chi connectivity index (χ2n) is 5.94. The highest BCUT2D eigenvalue weighted by Crippen LogP contribution is 2.22. The average molecular weight is 327 g/mol. The number of hydrogen-bond donors (Lipinski definition) is 1. The van der Waals surface area contributed by atoms with Gasteiger partial charge in [-0.25, -0.2) is 4.98 Å². The standard InChI is InChI=1S/C17H21N5S/c1-12(2)16-20-17(23-21-16)19-13(3)15-9-18-22(11-15)10-14-7-5-4-6-8-14/h4-9,11-13H,10H2,1-3H3,(H,19,20,21). The molecule has 1 unspecified atom stereocenters. The van der Waals surface area contributed by atoms with Gasteiger partial charge in [-0.1, -0.05) is 44.2 Å². The van der Waals surface area contributed by atoms with E-state index in [-0.39, 0.29) is 6.04 Å². The maximum Gasteiger partial charge on any atom is 0.203 e. The molecule has 2 heterocycles. The van der Waals surface area contributed by atoms with Gasteiger partial charge in [0, 0.05) is 29.2 Å². The maximum absolute atomic E-state index is 4.52. The van der Waals surface area contributed by atoms with Gasteiger partial charge in [-0.15, -0.1) is 0 Å². The molecule has 0 fully saturated rings. The fourth-order valence-corrected chi connectivity index (χ4v) is 3.05. The molecule has 3 aromatic rings. The van der Waals surface area contributed by atoms with Crippen LogP contribution in [0.1, 0.15) is 49.7 Å². The van der Waals surface area contributed by atoms with Crippen LogP contribution >= 0.6 is 11.5 Å². The molecule has 0 aliphatic rings. The SMILES string of the molecule is CC(C)c1nsc(NC(C)c2cnn(Cc3ccccc3)c2)n1. The van der Waals surface area contributed by atoms with Gasteiger partial charge in [-0.05, 0) is 12.5 Å². The van der Waals surface area contributed by atoms with Crippen LogP contribution in [0.15, 0.2) is 42.7 Å². The molecule has 0 saturated heterocycles. The Hall–Kier alpha value is -2.21. The zero-order valence-electron chi connectivity index (χ0n) is 13.6. The molecule has 1 atom stereocenters. The number of aromatic nitrogens is 4. The van der Waals surface area contributed by atoms with Crippen molar-refractivity contribution in [2.24, 2.45) is 0 Å². The van der Waals surface area contributed by atoms with Gasteiger partial charge in [0.15, 0.2) is 0 Å². The smallest absolute Gasteiger partial charge is 0.203 e. The van der Waals surface area contributed by atoms with E-state index in [9.17, 15) is 0 Å². The van der Waals surface area contributed by atoms with Crippen LogP contribution < -0.4 is 5.32 Å². The van der Waals surface area contributed by atoms with Crippen molar-refractivity contribution >= 4 is 16.7 Å². The molecule has 120 valence electrons. The highest BCUT2D eigenvalue weighted by Gasteiger charge is 2.12. The van der Waals surface area contributed by atoms with Gasteiger partial charge < -0.3 is 5.32 Å². The number of anilines is 1. The summed E-state index contributed by atoms with van der Waals surface area (Å²) in [4.78, 5) is 4.52. The minimum absolute atomic E-state index is 0.146. The summed E-state index contributed by atoms with van der Waals surface area (Å²) in [7, 11) is 0. The number of nitrogens with zero attached hydrogens (tertiary/aromatic N) is 4. The van der Waals surface area contributed by atoms with Gasteiger partial charge in [0.25, 0.3) is 0 Å². The molecule has 0 radical (unpaired) electrons. The van der Waals surface area contributed by atoms with Gasteiger partial charge in [0.1, 0.15) is 5.82 Å². The summed E-state index contributed by atoms with van der Waals surface area (Å²) in [6.45, 7) is 7.09. The first-order valence-corrected chi connectivity index (χ1v) is 8.55. The fourth-order valence-electron chi connectivity index (χ4n) is 2.26. The Morgan fingerprint density at radius 2 is 1.96 bits per heavy atom. The normalized spacial score (nSPS) is 12.5. The molecule has 5 nitrogen and oxygen atoms in total. The average Bonchev–Trinajstić information content (AvgIpc) is 3.18. The lowest BCUT2D eigenvalue weighted by molar-refractivity contribution is 0.685. The Morgan fingerprint density at radius 1 is 1.17 bits per heavy atom. The van der Waals surface area contributed by atoms with Crippen molar-refractivity contribution in [1.29, 1.82) is 0 Å². The minimum Gasteiger partial charge on any atom is -0.354 e. The third-order valence-electron chi connectivity index (χ3n) is 3.64. The summed E-state index contributed by atoms with van der Waals surface area (Å²) >= 11 is 1.41. The van der Waals surface area contributed by atoms with Crippen LogP contribution in [0.2, 0.25) is 0 Å². The van der Waals surface area contributed by atoms with Crippen molar-refractivity contribution in [3.05, 3.63) is 59.7 Å². The second-order valence-corrected chi connectivity index (χ2v) is 6.69. The van der Waals surface area contributed by atoms with E-state index < -0.39 is 0 Å². The summed E-state index contributed by atoms with van der Waals surface area (Å²) in [5.74, 6) is 1.25. The molecule has 3 rings (SSSR count). The van der Waals surface area contributed by atoms with Crippen LogP contribution in [-0.4, -0.2) is 19.1 Å². The monoisotopic (exact) mass is 327 g/mol. The van der Waals surface area contributed by atoms with Gasteiger partial charge in [-0.2, -0.15) is 9.47 Å². The van der Waals surface area contributed by atoms with Crippen molar-refractivity contribution in [3.63, 3.8) is 0 Å². The first-order chi connectivity index (χ1) is 11.1. The maximum atomic E-state index is 4.52. The first-order valence-electron chi connectivity index (χ1n) is 7.78. The molecule has 0 saturated carbocycles. The molecular formula is C17H21N5S. The Bertz CT molecular complexity index is 747. The highest BCUT2D eigenvalue weighted by molar-refractivity contribution is 7.09. The number of hydrogen-bond acceptors (Lipinski definition) is 5. The molecule has 23 heavy (non-hydrogen) atoms. The molecule has 0 spiro atoms. The Morgan fingerprint density at radius 3 is 2.65 bits per heavy atom. The molecule has 0 bridgehead atoms. The largest absolute Gasteiger partial charge is 0.354 e. The van der Waals surface area contributed by atoms with E-state index >= 15 is 0 Å². The third kappa shape index (κ3) is 3.96. The molecule has 0 aliphatic carbocycles. The van der Waals surface area contributed by atoms with Crippen LogP contribution in [0.4, 0.5) is 5.13 Å². The van der Waals surface area contributed by atoms with Gasteiger partial charge in [0.05, 0.1) is 18.8 Å². The van der Waals surface area contributed by atoms with E-state index in [0.717, 1.165) is 23.1 Å². The molecule has 1 N–H and O–H groups in total. The molecular weight excluding hydrogens is 306 g/mol. The zero-order chi connectivity index (χ0) is 16.2. The topological polar surface area (TPSA) is 55.6 Å². The summed E-state index contributed by atoms with van der Waals surface area (Å²) in [5.41, 5.74) is 2.38. The molecule has 1 aromatic carbocycles. The quantitative estimate of drug-likeness (QED) is 0.741. The second kappa shape index (κ2) is 6.91. The van der Waals surface area contributed by atoms with E-state index in [1.54, 1.807) is 0 Å². The van der Waals surface area contributed by atoms with Crippen LogP contribution in [-0.2, 0) is 6.54 Å². The van der Waals surface area contributed by atoms with E-state index in [4.69, 9.17) is 0 Å². The number of nitrogens with one attached hydrogen (secondary N) is 1. The van der Waals surface area contributed by atoms with Gasteiger partial charge in [-0.3, -0.25) is 4.68 Å². The highest BCUT2D eigenvalue weighted by atomic mass is 32.1. The third-order valence-corrected chi connectivity index (χ3v) is 4.30. The van der Waals surface area contributed by atoms with E-state index in [1.165, 1.54) is 17.1 Å². The Labute approximate surface area is 140 Å². The van der Waals surface area contributed by atoms with Crippen LogP contribution in [0.3, 0.4) is 0 Å². The van der Waals surface area contributed by atoms with Crippen molar-refractivity contribution in [2.75, 3.05) is 5.32 Å². The first kappa shape index (κ1) is 15.7. The summed E-state index contributed by atoms with van der Waals surface area (Å²) in [5, 5.41) is 8.71. The van der Waals surface area contributed by atoms with Gasteiger partial charge in [0.2, 0.25) is 5.13 Å². The Balaban J connectivity index is 1.64. The lowest BCUT2D eigenvalue weighted by atomic mass is 10.2. The van der Waals surface area contributed by atoms with E-state index in [1.807, 2.05) is 29.1 Å². The Kier molecular flexibility index (Phi) is 4.71. The van der Waals surface area contributed by atoms with Crippen LogP contribution in [0, 0.1) is 0 Å². The molecule has 0 amide bonds. The summed E-state index contributed by atoms with van der Waals surface area (Å²) in [6, 6.07) is 10.5. The predicted molar refractivity (Wildman–Crippen MR) is 93.8 cm³/mol. The molecule has 0 aliphatic heterocycles. The summed E-state index contributed by atoms with van der Waals surface area (Å²) < 4.78 is 6.33. The van der Waals surface area contributed by atoms with Crippen molar-refractivity contribution < 1.29 is 0 Å². The number of benzene rings is 1. The van der Waals surface area contributed by atoms with Crippen LogP contribution in [0.5, 0.6) is 0 Å². The van der Waals surface area contributed by atoms with Crippen molar-refractivity contribution in [3.8, 4) is 0 Å². The molecule has 2 aromatic heterocycles. The van der Waals surface area contributed by atoms with Gasteiger partial charge >= 0.3 is 0 Å². The van der Waals surface area contributed by atoms with E-state index in [2.05, 4.69) is 58.9 Å². The van der Waals surface area contributed by atoms with E-state index in [0.29, 0.717) is 5.92 Å². The predicted octanol–water partition coefficient (Wildman–Crippen LogP) is 4.08. The summed E-state index contributed by atoms with van der Waals surface area (Å²) in [6.07, 6.45) is 3.99. The minimum atomic E-state index is 0.146. The van der Waals surface area contributed by atoms with Crippen LogP contribution in [0.25, 0.3) is 0 Å². The zero-order valence-corrected chi connectivity index (χ0v) is 14.4.